The Kier molecular flexibility index (Phi) is 4.66. The number of nitrogens with zero attached hydrogens (tertiary/aromatic N) is 1. The summed E-state index contributed by atoms with van der Waals surface area (Å²) in [5.74, 6) is -0.116. The van der Waals surface area contributed by atoms with Crippen molar-refractivity contribution in [2.24, 2.45) is 0 Å². The second-order valence-corrected chi connectivity index (χ2v) is 8.33. The molecule has 0 aliphatic carbocycles. The van der Waals surface area contributed by atoms with E-state index in [4.69, 9.17) is 12.2 Å². The summed E-state index contributed by atoms with van der Waals surface area (Å²) in [7, 11) is 0. The number of nitrogens with one attached hydrogen (secondary N) is 1. The monoisotopic (exact) mass is 454 g/mol. The molecular formula is C17H15IN2OS2. The number of thioether (sulfide) groups is 1. The van der Waals surface area contributed by atoms with E-state index in [1.165, 1.54) is 20.9 Å². The van der Waals surface area contributed by atoms with Gasteiger partial charge in [0.15, 0.2) is 0 Å². The summed E-state index contributed by atoms with van der Waals surface area (Å²) in [6.07, 6.45) is 1.91. The van der Waals surface area contributed by atoms with Crippen molar-refractivity contribution in [2.45, 2.75) is 20.8 Å². The van der Waals surface area contributed by atoms with E-state index in [2.05, 4.69) is 77.5 Å². The Labute approximate surface area is 158 Å². The fraction of sp³-hybridized carbons (Fsp3) is 0.176. The molecule has 3 rings (SSSR count). The maximum Gasteiger partial charge on any atom is 0.263 e. The van der Waals surface area contributed by atoms with Crippen LogP contribution in [0.4, 0.5) is 0 Å². The van der Waals surface area contributed by atoms with E-state index < -0.39 is 0 Å². The van der Waals surface area contributed by atoms with Crippen LogP contribution in [0.15, 0.2) is 29.2 Å². The molecule has 0 atom stereocenters. The number of rotatable bonds is 2. The lowest BCUT2D eigenvalue weighted by molar-refractivity contribution is -0.115. The second-order valence-electron chi connectivity index (χ2n) is 5.45. The largest absolute Gasteiger partial charge is 0.318 e. The molecule has 23 heavy (non-hydrogen) atoms. The van der Waals surface area contributed by atoms with Crippen molar-refractivity contribution in [3.63, 3.8) is 0 Å². The molecule has 118 valence electrons. The predicted octanol–water partition coefficient (Wildman–Crippen LogP) is 4.50. The SMILES string of the molecule is Cc1ccc(-n2c(C)cc(/C=C3/SC(=S)NC3=O)c2C)cc1I. The van der Waals surface area contributed by atoms with Crippen molar-refractivity contribution in [1.82, 2.24) is 9.88 Å². The van der Waals surface area contributed by atoms with Crippen molar-refractivity contribution in [2.75, 3.05) is 0 Å². The summed E-state index contributed by atoms with van der Waals surface area (Å²) < 4.78 is 3.97. The summed E-state index contributed by atoms with van der Waals surface area (Å²) in [5, 5.41) is 2.65. The van der Waals surface area contributed by atoms with Gasteiger partial charge in [0.2, 0.25) is 0 Å². The Hall–Kier alpha value is -1.12. The van der Waals surface area contributed by atoms with Crippen molar-refractivity contribution in [3.8, 4) is 5.69 Å². The zero-order valence-corrected chi connectivity index (χ0v) is 16.7. The van der Waals surface area contributed by atoms with Gasteiger partial charge in [-0.3, -0.25) is 4.79 Å². The van der Waals surface area contributed by atoms with E-state index in [1.807, 2.05) is 6.08 Å². The Morgan fingerprint density at radius 3 is 2.61 bits per heavy atom. The average Bonchev–Trinajstić information content (AvgIpc) is 2.93. The average molecular weight is 454 g/mol. The van der Waals surface area contributed by atoms with Crippen molar-refractivity contribution >= 4 is 62.9 Å². The molecule has 1 N–H and O–H groups in total. The lowest BCUT2D eigenvalue weighted by Gasteiger charge is -2.11. The van der Waals surface area contributed by atoms with Crippen LogP contribution in [-0.2, 0) is 4.79 Å². The third-order valence-corrected chi connectivity index (χ3v) is 6.14. The van der Waals surface area contributed by atoms with E-state index >= 15 is 0 Å². The summed E-state index contributed by atoms with van der Waals surface area (Å²) in [6, 6.07) is 8.54. The highest BCUT2D eigenvalue weighted by atomic mass is 127. The minimum Gasteiger partial charge on any atom is -0.318 e. The number of hydrogen-bond donors (Lipinski definition) is 1. The summed E-state index contributed by atoms with van der Waals surface area (Å²) >= 11 is 8.71. The molecule has 1 aromatic carbocycles. The van der Waals surface area contributed by atoms with Crippen LogP contribution in [-0.4, -0.2) is 14.8 Å². The van der Waals surface area contributed by atoms with Crippen LogP contribution >= 0.6 is 46.6 Å². The smallest absolute Gasteiger partial charge is 0.263 e. The zero-order chi connectivity index (χ0) is 16.7. The number of benzene rings is 1. The van der Waals surface area contributed by atoms with Gasteiger partial charge in [-0.1, -0.05) is 30.0 Å². The molecule has 0 radical (unpaired) electrons. The number of amides is 1. The highest BCUT2D eigenvalue weighted by Gasteiger charge is 2.23. The predicted molar refractivity (Wildman–Crippen MR) is 109 cm³/mol. The topological polar surface area (TPSA) is 34.0 Å². The van der Waals surface area contributed by atoms with E-state index in [0.29, 0.717) is 9.23 Å². The van der Waals surface area contributed by atoms with Gasteiger partial charge in [-0.15, -0.1) is 0 Å². The van der Waals surface area contributed by atoms with Gasteiger partial charge in [0.05, 0.1) is 4.91 Å². The maximum absolute atomic E-state index is 11.8. The Bertz CT molecular complexity index is 868. The van der Waals surface area contributed by atoms with Crippen LogP contribution in [0.2, 0.25) is 0 Å². The summed E-state index contributed by atoms with van der Waals surface area (Å²) in [4.78, 5) is 12.5. The first-order chi connectivity index (χ1) is 10.9. The molecule has 6 heteroatoms. The highest BCUT2D eigenvalue weighted by Crippen LogP contribution is 2.29. The molecule has 0 spiro atoms. The first-order valence-corrected chi connectivity index (χ1v) is 9.37. The molecule has 1 saturated heterocycles. The molecule has 1 aliphatic heterocycles. The summed E-state index contributed by atoms with van der Waals surface area (Å²) in [5.41, 5.74) is 5.70. The van der Waals surface area contributed by atoms with E-state index in [9.17, 15) is 4.79 Å². The molecule has 1 aliphatic rings. The third-order valence-electron chi connectivity index (χ3n) is 3.81. The third kappa shape index (κ3) is 3.25. The van der Waals surface area contributed by atoms with Gasteiger partial charge < -0.3 is 9.88 Å². The van der Waals surface area contributed by atoms with Crippen LogP contribution < -0.4 is 5.32 Å². The number of halogens is 1. The molecule has 3 nitrogen and oxygen atoms in total. The van der Waals surface area contributed by atoms with Crippen LogP contribution in [0.1, 0.15) is 22.5 Å². The number of thiocarbonyl (C=S) groups is 1. The zero-order valence-electron chi connectivity index (χ0n) is 12.9. The Morgan fingerprint density at radius 2 is 2.00 bits per heavy atom. The van der Waals surface area contributed by atoms with Gasteiger partial charge >= 0.3 is 0 Å². The molecule has 0 bridgehead atoms. The second kappa shape index (κ2) is 6.41. The molecule has 2 heterocycles. The van der Waals surface area contributed by atoms with Crippen LogP contribution in [0.3, 0.4) is 0 Å². The van der Waals surface area contributed by atoms with Crippen molar-refractivity contribution in [3.05, 3.63) is 55.3 Å². The number of carbonyl (C=O) groups excluding carboxylic acids is 1. The first kappa shape index (κ1) is 16.7. The van der Waals surface area contributed by atoms with Crippen molar-refractivity contribution in [1.29, 1.82) is 0 Å². The fourth-order valence-corrected chi connectivity index (χ4v) is 4.15. The molecule has 0 saturated carbocycles. The van der Waals surface area contributed by atoms with Gasteiger partial charge in [0.1, 0.15) is 4.32 Å². The first-order valence-electron chi connectivity index (χ1n) is 7.07. The highest BCUT2D eigenvalue weighted by molar-refractivity contribution is 14.1. The quantitative estimate of drug-likeness (QED) is 0.413. The molecular weight excluding hydrogens is 439 g/mol. The maximum atomic E-state index is 11.8. The number of hydrogen-bond acceptors (Lipinski definition) is 3. The van der Waals surface area contributed by atoms with E-state index in [-0.39, 0.29) is 5.91 Å². The van der Waals surface area contributed by atoms with Crippen LogP contribution in [0, 0.1) is 24.3 Å². The van der Waals surface area contributed by atoms with E-state index in [0.717, 1.165) is 22.6 Å². The van der Waals surface area contributed by atoms with Gasteiger partial charge in [-0.25, -0.2) is 0 Å². The minimum absolute atomic E-state index is 0.116. The van der Waals surface area contributed by atoms with Gasteiger partial charge in [-0.05, 0) is 78.8 Å². The van der Waals surface area contributed by atoms with E-state index in [1.54, 1.807) is 0 Å². The normalized spacial score (nSPS) is 16.3. The Balaban J connectivity index is 2.06. The standard InChI is InChI=1S/C17H15IN2OS2/c1-9-4-5-13(8-14(9)18)20-10(2)6-12(11(20)3)7-15-16(21)19-17(22)23-15/h4-8H,1-3H3,(H,19,21,22)/b15-7+. The summed E-state index contributed by atoms with van der Waals surface area (Å²) in [6.45, 7) is 6.26. The van der Waals surface area contributed by atoms with Crippen LogP contribution in [0.25, 0.3) is 11.8 Å². The lowest BCUT2D eigenvalue weighted by atomic mass is 10.2. The van der Waals surface area contributed by atoms with Crippen molar-refractivity contribution < 1.29 is 4.79 Å². The Morgan fingerprint density at radius 1 is 1.26 bits per heavy atom. The number of aryl methyl sites for hydroxylation is 2. The fourth-order valence-electron chi connectivity index (χ4n) is 2.61. The molecule has 2 aromatic rings. The lowest BCUT2D eigenvalue weighted by Crippen LogP contribution is -2.17. The molecule has 1 aromatic heterocycles. The van der Waals surface area contributed by atoms with Gasteiger partial charge in [0, 0.05) is 20.6 Å². The minimum atomic E-state index is -0.116. The molecule has 1 fully saturated rings. The number of carbonyl (C=O) groups is 1. The molecule has 0 unspecified atom stereocenters. The van der Waals surface area contributed by atoms with Crippen LogP contribution in [0.5, 0.6) is 0 Å². The van der Waals surface area contributed by atoms with Gasteiger partial charge in [0.25, 0.3) is 5.91 Å². The molecule has 1 amide bonds. The van der Waals surface area contributed by atoms with Gasteiger partial charge in [-0.2, -0.15) is 0 Å². The number of aromatic nitrogens is 1.